The van der Waals surface area contributed by atoms with Gasteiger partial charge >= 0.3 is 0 Å². The third-order valence-corrected chi connectivity index (χ3v) is 5.46. The van der Waals surface area contributed by atoms with Gasteiger partial charge in [-0.1, -0.05) is 48.5 Å². The van der Waals surface area contributed by atoms with E-state index in [1.165, 1.54) is 0 Å². The Bertz CT molecular complexity index is 790. The Balaban J connectivity index is 1.69. The predicted octanol–water partition coefficient (Wildman–Crippen LogP) is 4.67. The van der Waals surface area contributed by atoms with Gasteiger partial charge in [0.05, 0.1) is 12.6 Å². The number of para-hydroxylation sites is 1. The molecule has 1 atom stereocenters. The normalized spacial score (nSPS) is 11.7. The number of carbonyl (C=O) groups excluding carboxylic acids is 1. The number of amides is 1. The summed E-state index contributed by atoms with van der Waals surface area (Å²) in [6.45, 7) is 0.245. The van der Waals surface area contributed by atoms with Gasteiger partial charge in [0.15, 0.2) is 0 Å². The topological polar surface area (TPSA) is 41.1 Å². The van der Waals surface area contributed by atoms with Crippen LogP contribution in [0.15, 0.2) is 72.1 Å². The fourth-order valence-corrected chi connectivity index (χ4v) is 3.79. The molecule has 2 N–H and O–H groups in total. The van der Waals surface area contributed by atoms with Crippen molar-refractivity contribution in [3.63, 3.8) is 0 Å². The second-order valence-corrected chi connectivity index (χ2v) is 7.40. The molecule has 3 nitrogen and oxygen atoms in total. The number of anilines is 1. The molecule has 1 amide bonds. The second-order valence-electron chi connectivity index (χ2n) is 5.26. The number of thiophene rings is 1. The molecule has 0 aliphatic carbocycles. The van der Waals surface area contributed by atoms with Gasteiger partial charge in [-0.15, -0.1) is 11.3 Å². The van der Waals surface area contributed by atoms with Crippen molar-refractivity contribution >= 4 is 45.5 Å². The molecule has 0 aliphatic rings. The Morgan fingerprint density at radius 3 is 2.46 bits per heavy atom. The lowest BCUT2D eigenvalue weighted by atomic mass is 10.1. The Morgan fingerprint density at radius 1 is 1.00 bits per heavy atom. The smallest absolute Gasteiger partial charge is 0.240 e. The molecule has 1 heterocycles. The number of hydrogen-bond acceptors (Lipinski definition) is 3. The van der Waals surface area contributed by atoms with E-state index in [0.29, 0.717) is 0 Å². The van der Waals surface area contributed by atoms with Gasteiger partial charge in [-0.2, -0.15) is 0 Å². The highest BCUT2D eigenvalue weighted by Crippen LogP contribution is 2.25. The van der Waals surface area contributed by atoms with E-state index in [2.05, 4.69) is 39.3 Å². The van der Waals surface area contributed by atoms with Gasteiger partial charge in [0.1, 0.15) is 0 Å². The zero-order chi connectivity index (χ0) is 16.8. The summed E-state index contributed by atoms with van der Waals surface area (Å²) in [5.74, 6) is -0.0306. The largest absolute Gasteiger partial charge is 0.375 e. The Labute approximate surface area is 159 Å². The van der Waals surface area contributed by atoms with E-state index < -0.39 is 0 Å². The average Bonchev–Trinajstić information content (AvgIpc) is 3.14. The van der Waals surface area contributed by atoms with Crippen molar-refractivity contribution in [2.75, 3.05) is 11.9 Å². The number of nitrogens with one attached hydrogen (secondary N) is 2. The van der Waals surface area contributed by atoms with Crippen LogP contribution in [0, 0.1) is 3.57 Å². The van der Waals surface area contributed by atoms with E-state index in [4.69, 9.17) is 0 Å². The first kappa shape index (κ1) is 17.0. The van der Waals surface area contributed by atoms with Gasteiger partial charge in [0, 0.05) is 14.1 Å². The second kappa shape index (κ2) is 8.30. The van der Waals surface area contributed by atoms with Gasteiger partial charge in [-0.05, 0) is 51.7 Å². The first-order valence-electron chi connectivity index (χ1n) is 7.60. The molecule has 3 rings (SSSR count). The molecule has 0 bridgehead atoms. The van der Waals surface area contributed by atoms with Crippen molar-refractivity contribution in [1.29, 1.82) is 0 Å². The number of halogens is 1. The summed E-state index contributed by atoms with van der Waals surface area (Å²) in [5.41, 5.74) is 2.06. The van der Waals surface area contributed by atoms with Crippen LogP contribution in [0.25, 0.3) is 0 Å². The van der Waals surface area contributed by atoms with Crippen LogP contribution in [0.2, 0.25) is 0 Å². The molecule has 0 saturated heterocycles. The Kier molecular flexibility index (Phi) is 5.87. The maximum Gasteiger partial charge on any atom is 0.240 e. The highest BCUT2D eigenvalue weighted by molar-refractivity contribution is 14.1. The third-order valence-electron chi connectivity index (χ3n) is 3.58. The molecule has 24 heavy (non-hydrogen) atoms. The van der Waals surface area contributed by atoms with Crippen molar-refractivity contribution in [3.05, 3.63) is 86.1 Å². The third kappa shape index (κ3) is 4.36. The molecule has 1 aromatic heterocycles. The molecular weight excluding hydrogens is 431 g/mol. The summed E-state index contributed by atoms with van der Waals surface area (Å²) in [4.78, 5) is 13.6. The number of carbonyl (C=O) groups is 1. The molecule has 0 aliphatic heterocycles. The van der Waals surface area contributed by atoms with Gasteiger partial charge in [0.2, 0.25) is 5.91 Å². The number of benzene rings is 2. The quantitative estimate of drug-likeness (QED) is 0.539. The lowest BCUT2D eigenvalue weighted by molar-refractivity contribution is -0.119. The van der Waals surface area contributed by atoms with Crippen molar-refractivity contribution in [2.45, 2.75) is 6.04 Å². The van der Waals surface area contributed by atoms with Crippen LogP contribution in [0.3, 0.4) is 0 Å². The van der Waals surface area contributed by atoms with Gasteiger partial charge < -0.3 is 10.6 Å². The summed E-state index contributed by atoms with van der Waals surface area (Å²) in [7, 11) is 0. The van der Waals surface area contributed by atoms with Crippen LogP contribution >= 0.6 is 33.9 Å². The molecule has 2 aromatic carbocycles. The Morgan fingerprint density at radius 2 is 1.75 bits per heavy atom. The van der Waals surface area contributed by atoms with Crippen LogP contribution in [0.1, 0.15) is 16.5 Å². The molecule has 3 aromatic rings. The zero-order valence-corrected chi connectivity index (χ0v) is 15.9. The first-order chi connectivity index (χ1) is 11.7. The zero-order valence-electron chi connectivity index (χ0n) is 12.9. The van der Waals surface area contributed by atoms with E-state index in [1.807, 2.05) is 66.0 Å². The molecule has 0 fully saturated rings. The minimum absolute atomic E-state index is 0.0306. The minimum atomic E-state index is -0.115. The van der Waals surface area contributed by atoms with Crippen molar-refractivity contribution in [3.8, 4) is 0 Å². The maximum absolute atomic E-state index is 12.4. The van der Waals surface area contributed by atoms with Crippen LogP contribution in [0.4, 0.5) is 5.69 Å². The first-order valence-corrected chi connectivity index (χ1v) is 9.56. The fraction of sp³-hybridized carbons (Fsp3) is 0.105. The van der Waals surface area contributed by atoms with E-state index >= 15 is 0 Å². The molecule has 122 valence electrons. The summed E-state index contributed by atoms with van der Waals surface area (Å²) < 4.78 is 1.10. The summed E-state index contributed by atoms with van der Waals surface area (Å²) in [6.07, 6.45) is 0. The molecule has 0 saturated carbocycles. The summed E-state index contributed by atoms with van der Waals surface area (Å²) in [5, 5.41) is 8.36. The van der Waals surface area contributed by atoms with Crippen molar-refractivity contribution in [1.82, 2.24) is 5.32 Å². The minimum Gasteiger partial charge on any atom is -0.375 e. The fourth-order valence-electron chi connectivity index (χ4n) is 2.41. The molecule has 0 radical (unpaired) electrons. The summed E-state index contributed by atoms with van der Waals surface area (Å²) >= 11 is 3.91. The van der Waals surface area contributed by atoms with E-state index in [0.717, 1.165) is 19.7 Å². The molecule has 5 heteroatoms. The Hall–Kier alpha value is -1.86. The van der Waals surface area contributed by atoms with Crippen LogP contribution in [-0.2, 0) is 4.79 Å². The van der Waals surface area contributed by atoms with E-state index in [-0.39, 0.29) is 18.5 Å². The lowest BCUT2D eigenvalue weighted by Crippen LogP contribution is -2.33. The molecule has 0 spiro atoms. The van der Waals surface area contributed by atoms with Gasteiger partial charge in [0.25, 0.3) is 0 Å². The van der Waals surface area contributed by atoms with E-state index in [1.54, 1.807) is 11.3 Å². The maximum atomic E-state index is 12.4. The molecule has 1 unspecified atom stereocenters. The number of hydrogen-bond donors (Lipinski definition) is 2. The van der Waals surface area contributed by atoms with Crippen LogP contribution < -0.4 is 10.6 Å². The number of rotatable bonds is 6. The van der Waals surface area contributed by atoms with Crippen molar-refractivity contribution in [2.24, 2.45) is 0 Å². The summed E-state index contributed by atoms with van der Waals surface area (Å²) in [6, 6.07) is 21.9. The highest BCUT2D eigenvalue weighted by atomic mass is 127. The van der Waals surface area contributed by atoms with Crippen LogP contribution in [-0.4, -0.2) is 12.5 Å². The van der Waals surface area contributed by atoms with Crippen molar-refractivity contribution < 1.29 is 4.79 Å². The highest BCUT2D eigenvalue weighted by Gasteiger charge is 2.17. The van der Waals surface area contributed by atoms with Gasteiger partial charge in [-0.3, -0.25) is 4.79 Å². The van der Waals surface area contributed by atoms with Gasteiger partial charge in [-0.25, -0.2) is 0 Å². The standard InChI is InChI=1S/C19H17IN2OS/c20-15-9-4-5-10-16(15)21-13-18(23)22-19(17-11-6-12-24-17)14-7-2-1-3-8-14/h1-12,19,21H,13H2,(H,22,23). The lowest BCUT2D eigenvalue weighted by Gasteiger charge is -2.18. The van der Waals surface area contributed by atoms with Crippen LogP contribution in [0.5, 0.6) is 0 Å². The SMILES string of the molecule is O=C(CNc1ccccc1I)NC(c1ccccc1)c1cccs1. The average molecular weight is 448 g/mol. The molecular formula is C19H17IN2OS. The van der Waals surface area contributed by atoms with E-state index in [9.17, 15) is 4.79 Å². The predicted molar refractivity (Wildman–Crippen MR) is 108 cm³/mol. The monoisotopic (exact) mass is 448 g/mol.